The Hall–Kier alpha value is -3.60. The molecule has 0 bridgehead atoms. The van der Waals surface area contributed by atoms with Gasteiger partial charge in [0.2, 0.25) is 0 Å². The summed E-state index contributed by atoms with van der Waals surface area (Å²) in [6.45, 7) is 1.65. The number of nitrogens with one attached hydrogen (secondary N) is 1. The summed E-state index contributed by atoms with van der Waals surface area (Å²) < 4.78 is 2.15. The van der Waals surface area contributed by atoms with E-state index in [1.807, 2.05) is 55.0 Å². The third kappa shape index (κ3) is 4.04. The van der Waals surface area contributed by atoms with Gasteiger partial charge in [-0.15, -0.1) is 0 Å². The quantitative estimate of drug-likeness (QED) is 0.458. The number of aromatic nitrogens is 3. The number of hydrogen-bond donors (Lipinski definition) is 2. The molecule has 5 nitrogen and oxygen atoms in total. The number of aromatic hydroxyl groups is 1. The number of nitrogens with zero attached hydrogens (tertiary/aromatic N) is 3. The van der Waals surface area contributed by atoms with Gasteiger partial charge in [-0.1, -0.05) is 42.5 Å². The second-order valence-corrected chi connectivity index (χ2v) is 6.57. The fourth-order valence-corrected chi connectivity index (χ4v) is 3.26. The second-order valence-electron chi connectivity index (χ2n) is 6.57. The Morgan fingerprint density at radius 2 is 1.79 bits per heavy atom. The lowest BCUT2D eigenvalue weighted by molar-refractivity contribution is 0.475. The number of aryl methyl sites for hydroxylation is 1. The maximum atomic E-state index is 9.96. The van der Waals surface area contributed by atoms with Gasteiger partial charge in [0, 0.05) is 36.6 Å². The molecule has 4 aromatic rings. The van der Waals surface area contributed by atoms with Crippen molar-refractivity contribution < 1.29 is 5.11 Å². The molecule has 0 saturated carbocycles. The minimum Gasteiger partial charge on any atom is -0.508 e. The Labute approximate surface area is 164 Å². The first-order chi connectivity index (χ1) is 13.8. The Kier molecular flexibility index (Phi) is 5.33. The van der Waals surface area contributed by atoms with Crippen molar-refractivity contribution in [2.45, 2.75) is 13.0 Å². The van der Waals surface area contributed by atoms with E-state index >= 15 is 0 Å². The van der Waals surface area contributed by atoms with Crippen LogP contribution in [0.15, 0.2) is 85.5 Å². The summed E-state index contributed by atoms with van der Waals surface area (Å²) in [7, 11) is 0. The van der Waals surface area contributed by atoms with Gasteiger partial charge in [0.1, 0.15) is 5.75 Å². The van der Waals surface area contributed by atoms with Gasteiger partial charge >= 0.3 is 0 Å². The molecular weight excluding hydrogens is 348 g/mol. The zero-order chi connectivity index (χ0) is 19.2. The number of imidazole rings is 1. The van der Waals surface area contributed by atoms with Crippen LogP contribution in [0.1, 0.15) is 6.42 Å². The zero-order valence-corrected chi connectivity index (χ0v) is 15.5. The summed E-state index contributed by atoms with van der Waals surface area (Å²) in [5.41, 5.74) is 4.98. The van der Waals surface area contributed by atoms with Gasteiger partial charge in [0.05, 0.1) is 23.4 Å². The topological polar surface area (TPSA) is 63.0 Å². The molecular formula is C23H22N4O. The van der Waals surface area contributed by atoms with Crippen LogP contribution in [0, 0.1) is 0 Å². The first kappa shape index (κ1) is 17.8. The number of phenols is 1. The highest BCUT2D eigenvalue weighted by atomic mass is 16.3. The van der Waals surface area contributed by atoms with Crippen LogP contribution in [0.3, 0.4) is 0 Å². The lowest BCUT2D eigenvalue weighted by atomic mass is 10.0. The van der Waals surface area contributed by atoms with E-state index in [-0.39, 0.29) is 5.75 Å². The number of benzene rings is 2. The zero-order valence-electron chi connectivity index (χ0n) is 15.5. The summed E-state index contributed by atoms with van der Waals surface area (Å²) in [5, 5.41) is 13.3. The molecule has 140 valence electrons. The Morgan fingerprint density at radius 3 is 2.57 bits per heavy atom. The van der Waals surface area contributed by atoms with E-state index in [0.29, 0.717) is 0 Å². The van der Waals surface area contributed by atoms with E-state index in [1.54, 1.807) is 18.3 Å². The van der Waals surface area contributed by atoms with Crippen molar-refractivity contribution in [3.63, 3.8) is 0 Å². The standard InChI is InChI=1S/C23H22N4O/c28-21-11-4-9-19(15-21)23-22(18-7-2-1-3-8-18)26-17-27(23)14-6-13-25-20-10-5-12-24-16-20/h1-5,7-12,15-17,25,28H,6,13-14H2. The van der Waals surface area contributed by atoms with Gasteiger partial charge < -0.3 is 15.0 Å². The van der Waals surface area contributed by atoms with E-state index in [4.69, 9.17) is 0 Å². The van der Waals surface area contributed by atoms with Crippen molar-refractivity contribution in [2.24, 2.45) is 0 Å². The monoisotopic (exact) mass is 370 g/mol. The van der Waals surface area contributed by atoms with E-state index < -0.39 is 0 Å². The third-order valence-corrected chi connectivity index (χ3v) is 4.57. The van der Waals surface area contributed by atoms with Crippen molar-refractivity contribution in [1.82, 2.24) is 14.5 Å². The van der Waals surface area contributed by atoms with Crippen LogP contribution in [-0.2, 0) is 6.54 Å². The molecule has 5 heteroatoms. The molecule has 0 aliphatic heterocycles. The fourth-order valence-electron chi connectivity index (χ4n) is 3.26. The fraction of sp³-hybridized carbons (Fsp3) is 0.130. The maximum absolute atomic E-state index is 9.96. The first-order valence-corrected chi connectivity index (χ1v) is 9.35. The molecule has 0 fully saturated rings. The highest BCUT2D eigenvalue weighted by Crippen LogP contribution is 2.32. The van der Waals surface area contributed by atoms with Crippen molar-refractivity contribution in [3.05, 3.63) is 85.5 Å². The molecule has 2 N–H and O–H groups in total. The lowest BCUT2D eigenvalue weighted by Crippen LogP contribution is -2.07. The number of rotatable bonds is 7. The lowest BCUT2D eigenvalue weighted by Gasteiger charge is -2.12. The van der Waals surface area contributed by atoms with Gasteiger partial charge in [-0.25, -0.2) is 4.98 Å². The smallest absolute Gasteiger partial charge is 0.116 e. The van der Waals surface area contributed by atoms with Crippen LogP contribution < -0.4 is 5.32 Å². The molecule has 4 rings (SSSR count). The predicted octanol–water partition coefficient (Wildman–Crippen LogP) is 4.82. The van der Waals surface area contributed by atoms with E-state index in [2.05, 4.69) is 32.0 Å². The minimum atomic E-state index is 0.252. The van der Waals surface area contributed by atoms with Crippen molar-refractivity contribution in [3.8, 4) is 28.3 Å². The maximum Gasteiger partial charge on any atom is 0.116 e. The van der Waals surface area contributed by atoms with E-state index in [9.17, 15) is 5.11 Å². The Morgan fingerprint density at radius 1 is 0.929 bits per heavy atom. The van der Waals surface area contributed by atoms with Crippen molar-refractivity contribution in [2.75, 3.05) is 11.9 Å². The van der Waals surface area contributed by atoms with Crippen molar-refractivity contribution in [1.29, 1.82) is 0 Å². The molecule has 0 saturated heterocycles. The molecule has 2 heterocycles. The summed E-state index contributed by atoms with van der Waals surface area (Å²) in [4.78, 5) is 8.80. The predicted molar refractivity (Wildman–Crippen MR) is 112 cm³/mol. The molecule has 2 aromatic carbocycles. The molecule has 0 aliphatic carbocycles. The van der Waals surface area contributed by atoms with Crippen LogP contribution in [-0.4, -0.2) is 26.2 Å². The second kappa shape index (κ2) is 8.39. The summed E-state index contributed by atoms with van der Waals surface area (Å²) in [5.74, 6) is 0.252. The number of anilines is 1. The van der Waals surface area contributed by atoms with Crippen LogP contribution in [0.2, 0.25) is 0 Å². The molecule has 0 unspecified atom stereocenters. The van der Waals surface area contributed by atoms with Gasteiger partial charge in [-0.2, -0.15) is 0 Å². The molecule has 0 amide bonds. The largest absolute Gasteiger partial charge is 0.508 e. The van der Waals surface area contributed by atoms with Crippen LogP contribution in [0.25, 0.3) is 22.5 Å². The third-order valence-electron chi connectivity index (χ3n) is 4.57. The van der Waals surface area contributed by atoms with Gasteiger partial charge in [-0.3, -0.25) is 4.98 Å². The van der Waals surface area contributed by atoms with Gasteiger partial charge in [0.15, 0.2) is 0 Å². The first-order valence-electron chi connectivity index (χ1n) is 9.35. The van der Waals surface area contributed by atoms with Crippen LogP contribution >= 0.6 is 0 Å². The number of hydrogen-bond acceptors (Lipinski definition) is 4. The molecule has 2 aromatic heterocycles. The van der Waals surface area contributed by atoms with E-state index in [0.717, 1.165) is 47.7 Å². The average molecular weight is 370 g/mol. The molecule has 0 spiro atoms. The van der Waals surface area contributed by atoms with Crippen molar-refractivity contribution >= 4 is 5.69 Å². The number of pyridine rings is 1. The van der Waals surface area contributed by atoms with E-state index in [1.165, 1.54) is 0 Å². The van der Waals surface area contributed by atoms with Gasteiger partial charge in [0.25, 0.3) is 0 Å². The highest BCUT2D eigenvalue weighted by molar-refractivity contribution is 5.79. The summed E-state index contributed by atoms with van der Waals surface area (Å²) in [6.07, 6.45) is 6.41. The molecule has 0 atom stereocenters. The number of phenolic OH excluding ortho intramolecular Hbond substituents is 1. The average Bonchev–Trinajstić information content (AvgIpc) is 3.16. The Bertz CT molecular complexity index is 1030. The molecule has 0 radical (unpaired) electrons. The molecule has 28 heavy (non-hydrogen) atoms. The summed E-state index contributed by atoms with van der Waals surface area (Å²) in [6, 6.07) is 21.4. The van der Waals surface area contributed by atoms with Crippen LogP contribution in [0.5, 0.6) is 5.75 Å². The van der Waals surface area contributed by atoms with Crippen LogP contribution in [0.4, 0.5) is 5.69 Å². The summed E-state index contributed by atoms with van der Waals surface area (Å²) >= 11 is 0. The minimum absolute atomic E-state index is 0.252. The molecule has 0 aliphatic rings. The normalized spacial score (nSPS) is 10.7. The van der Waals surface area contributed by atoms with Gasteiger partial charge in [-0.05, 0) is 30.7 Å². The SMILES string of the molecule is Oc1cccc(-c2c(-c3ccccc3)ncn2CCCNc2cccnc2)c1. The highest BCUT2D eigenvalue weighted by Gasteiger charge is 2.15. The Balaban J connectivity index is 1.57.